The van der Waals surface area contributed by atoms with Gasteiger partial charge in [-0.2, -0.15) is 0 Å². The molecule has 2 atom stereocenters. The molecule has 0 aliphatic heterocycles. The van der Waals surface area contributed by atoms with Crippen molar-refractivity contribution in [1.82, 2.24) is 0 Å². The van der Waals surface area contributed by atoms with Crippen molar-refractivity contribution in [2.45, 2.75) is 19.1 Å². The van der Waals surface area contributed by atoms with Crippen LogP contribution in [0.3, 0.4) is 0 Å². The number of rotatable bonds is 4. The van der Waals surface area contributed by atoms with E-state index in [-0.39, 0.29) is 6.61 Å². The summed E-state index contributed by atoms with van der Waals surface area (Å²) in [5, 5.41) is 9.88. The zero-order valence-electron chi connectivity index (χ0n) is 9.19. The van der Waals surface area contributed by atoms with Gasteiger partial charge in [-0.25, -0.2) is 4.39 Å². The van der Waals surface area contributed by atoms with E-state index >= 15 is 0 Å². The third-order valence-electron chi connectivity index (χ3n) is 2.18. The Morgan fingerprint density at radius 3 is 2.82 bits per heavy atom. The number of carbonyl (C=O) groups is 1. The molecule has 0 heterocycles. The Bertz CT molecular complexity index is 414. The number of benzene rings is 1. The van der Waals surface area contributed by atoms with Crippen molar-refractivity contribution >= 4 is 21.9 Å². The van der Waals surface area contributed by atoms with Gasteiger partial charge < -0.3 is 15.6 Å². The molecule has 0 aliphatic rings. The number of carbonyl (C=O) groups excluding carboxylic acids is 1. The lowest BCUT2D eigenvalue weighted by molar-refractivity contribution is -0.147. The van der Waals surface area contributed by atoms with Crippen LogP contribution in [0.2, 0.25) is 0 Å². The van der Waals surface area contributed by atoms with E-state index in [9.17, 15) is 14.3 Å². The van der Waals surface area contributed by atoms with E-state index in [0.717, 1.165) is 0 Å². The number of nitrogens with two attached hydrogens (primary N) is 1. The SMILES string of the molecule is CCOC(=O)C(N)C(O)c1ccc(F)cc1Br. The van der Waals surface area contributed by atoms with Crippen molar-refractivity contribution in [2.75, 3.05) is 6.61 Å². The predicted molar refractivity (Wildman–Crippen MR) is 63.7 cm³/mol. The van der Waals surface area contributed by atoms with Crippen LogP contribution in [0.15, 0.2) is 22.7 Å². The summed E-state index contributed by atoms with van der Waals surface area (Å²) in [5.41, 5.74) is 5.89. The van der Waals surface area contributed by atoms with Gasteiger partial charge in [0, 0.05) is 4.47 Å². The maximum Gasteiger partial charge on any atom is 0.325 e. The van der Waals surface area contributed by atoms with E-state index in [1.165, 1.54) is 18.2 Å². The summed E-state index contributed by atoms with van der Waals surface area (Å²) >= 11 is 3.10. The van der Waals surface area contributed by atoms with Gasteiger partial charge in [0.2, 0.25) is 0 Å². The zero-order chi connectivity index (χ0) is 13.0. The highest BCUT2D eigenvalue weighted by Crippen LogP contribution is 2.26. The molecule has 0 aliphatic carbocycles. The van der Waals surface area contributed by atoms with Gasteiger partial charge in [0.05, 0.1) is 6.61 Å². The molecule has 3 N–H and O–H groups in total. The van der Waals surface area contributed by atoms with E-state index in [4.69, 9.17) is 10.5 Å². The van der Waals surface area contributed by atoms with Gasteiger partial charge in [0.15, 0.2) is 0 Å². The second-order valence-electron chi connectivity index (χ2n) is 3.39. The minimum Gasteiger partial charge on any atom is -0.465 e. The molecule has 0 saturated carbocycles. The van der Waals surface area contributed by atoms with Gasteiger partial charge in [0.25, 0.3) is 0 Å². The fourth-order valence-electron chi connectivity index (χ4n) is 1.30. The lowest BCUT2D eigenvalue weighted by Gasteiger charge is -2.18. The highest BCUT2D eigenvalue weighted by Gasteiger charge is 2.26. The van der Waals surface area contributed by atoms with Gasteiger partial charge in [0.1, 0.15) is 18.0 Å². The smallest absolute Gasteiger partial charge is 0.325 e. The highest BCUT2D eigenvalue weighted by atomic mass is 79.9. The average Bonchev–Trinajstić information content (AvgIpc) is 2.27. The minimum atomic E-state index is -1.25. The molecule has 0 bridgehead atoms. The lowest BCUT2D eigenvalue weighted by atomic mass is 10.0. The quantitative estimate of drug-likeness (QED) is 0.827. The fraction of sp³-hybridized carbons (Fsp3) is 0.364. The molecule has 1 aromatic carbocycles. The molecule has 0 aromatic heterocycles. The van der Waals surface area contributed by atoms with Crippen molar-refractivity contribution in [1.29, 1.82) is 0 Å². The molecule has 0 amide bonds. The van der Waals surface area contributed by atoms with Gasteiger partial charge in [-0.3, -0.25) is 4.79 Å². The molecular weight excluding hydrogens is 293 g/mol. The molecule has 2 unspecified atom stereocenters. The maximum atomic E-state index is 12.9. The summed E-state index contributed by atoms with van der Waals surface area (Å²) in [6.45, 7) is 1.83. The van der Waals surface area contributed by atoms with Gasteiger partial charge in [-0.05, 0) is 24.6 Å². The summed E-state index contributed by atoms with van der Waals surface area (Å²) in [6, 6.07) is 2.54. The largest absolute Gasteiger partial charge is 0.465 e. The van der Waals surface area contributed by atoms with Crippen LogP contribution in [0.4, 0.5) is 4.39 Å². The number of aliphatic hydroxyl groups is 1. The Morgan fingerprint density at radius 2 is 2.29 bits per heavy atom. The number of hydrogen-bond acceptors (Lipinski definition) is 4. The number of halogens is 2. The Morgan fingerprint density at radius 1 is 1.65 bits per heavy atom. The summed E-state index contributed by atoms with van der Waals surface area (Å²) in [7, 11) is 0. The highest BCUT2D eigenvalue weighted by molar-refractivity contribution is 9.10. The monoisotopic (exact) mass is 305 g/mol. The van der Waals surface area contributed by atoms with E-state index in [1.54, 1.807) is 6.92 Å². The van der Waals surface area contributed by atoms with Gasteiger partial charge in [-0.1, -0.05) is 22.0 Å². The van der Waals surface area contributed by atoms with E-state index < -0.39 is 23.9 Å². The van der Waals surface area contributed by atoms with Crippen LogP contribution in [-0.2, 0) is 9.53 Å². The molecule has 0 saturated heterocycles. The standard InChI is InChI=1S/C11H13BrFNO3/c1-2-17-11(16)9(14)10(15)7-4-3-6(13)5-8(7)12/h3-5,9-10,15H,2,14H2,1H3. The Hall–Kier alpha value is -0.980. The first-order valence-electron chi connectivity index (χ1n) is 5.02. The maximum absolute atomic E-state index is 12.9. The second kappa shape index (κ2) is 6.09. The van der Waals surface area contributed by atoms with E-state index in [1.807, 2.05) is 0 Å². The average molecular weight is 306 g/mol. The molecule has 0 radical (unpaired) electrons. The van der Waals surface area contributed by atoms with E-state index in [0.29, 0.717) is 10.0 Å². The molecule has 17 heavy (non-hydrogen) atoms. The van der Waals surface area contributed by atoms with Crippen LogP contribution in [0.25, 0.3) is 0 Å². The van der Waals surface area contributed by atoms with Crippen LogP contribution in [-0.4, -0.2) is 23.7 Å². The topological polar surface area (TPSA) is 72.5 Å². The molecule has 0 spiro atoms. The number of aliphatic hydroxyl groups excluding tert-OH is 1. The molecule has 0 fully saturated rings. The zero-order valence-corrected chi connectivity index (χ0v) is 10.8. The minimum absolute atomic E-state index is 0.184. The summed E-state index contributed by atoms with van der Waals surface area (Å²) < 4.78 is 17.9. The molecule has 94 valence electrons. The Kier molecular flexibility index (Phi) is 5.04. The van der Waals surface area contributed by atoms with Gasteiger partial charge >= 0.3 is 5.97 Å². The molecular formula is C11H13BrFNO3. The van der Waals surface area contributed by atoms with Crippen LogP contribution in [0.1, 0.15) is 18.6 Å². The van der Waals surface area contributed by atoms with Crippen LogP contribution in [0.5, 0.6) is 0 Å². The number of ether oxygens (including phenoxy) is 1. The lowest BCUT2D eigenvalue weighted by Crippen LogP contribution is -2.38. The number of esters is 1. The fourth-order valence-corrected chi connectivity index (χ4v) is 1.89. The van der Waals surface area contributed by atoms with Crippen LogP contribution >= 0.6 is 15.9 Å². The van der Waals surface area contributed by atoms with Crippen molar-refractivity contribution in [2.24, 2.45) is 5.73 Å². The Balaban J connectivity index is 2.88. The summed E-state index contributed by atoms with van der Waals surface area (Å²) in [5.74, 6) is -1.14. The van der Waals surface area contributed by atoms with Crippen LogP contribution in [0, 0.1) is 5.82 Å². The van der Waals surface area contributed by atoms with Crippen molar-refractivity contribution in [3.63, 3.8) is 0 Å². The summed E-state index contributed by atoms with van der Waals surface area (Å²) in [4.78, 5) is 11.3. The third kappa shape index (κ3) is 3.49. The normalized spacial score (nSPS) is 14.2. The van der Waals surface area contributed by atoms with Crippen molar-refractivity contribution < 1.29 is 19.0 Å². The first kappa shape index (κ1) is 14.1. The van der Waals surface area contributed by atoms with Gasteiger partial charge in [-0.15, -0.1) is 0 Å². The first-order valence-corrected chi connectivity index (χ1v) is 5.82. The molecule has 1 aromatic rings. The second-order valence-corrected chi connectivity index (χ2v) is 4.24. The van der Waals surface area contributed by atoms with Crippen molar-refractivity contribution in [3.8, 4) is 0 Å². The predicted octanol–water partition coefficient (Wildman–Crippen LogP) is 1.51. The number of hydrogen-bond donors (Lipinski definition) is 2. The third-order valence-corrected chi connectivity index (χ3v) is 2.87. The van der Waals surface area contributed by atoms with Crippen molar-refractivity contribution in [3.05, 3.63) is 34.1 Å². The summed E-state index contributed by atoms with van der Waals surface area (Å²) in [6.07, 6.45) is -1.25. The van der Waals surface area contributed by atoms with E-state index in [2.05, 4.69) is 15.9 Å². The van der Waals surface area contributed by atoms with Crippen LogP contribution < -0.4 is 5.73 Å². The Labute approximate surface area is 107 Å². The molecule has 4 nitrogen and oxygen atoms in total. The first-order chi connectivity index (χ1) is 7.97. The molecule has 1 rings (SSSR count). The molecule has 6 heteroatoms.